The molecule has 0 nitrogen and oxygen atoms in total. The summed E-state index contributed by atoms with van der Waals surface area (Å²) in [6.07, 6.45) is -4.48. The van der Waals surface area contributed by atoms with E-state index >= 15 is 0 Å². The molecule has 2 rings (SSSR count). The summed E-state index contributed by atoms with van der Waals surface area (Å²) in [5, 5.41) is 0. The van der Waals surface area contributed by atoms with Crippen molar-refractivity contribution in [3.8, 4) is 11.1 Å². The molecular weight excluding hydrogens is 251 g/mol. The second-order valence-electron chi connectivity index (χ2n) is 3.62. The van der Waals surface area contributed by atoms with Gasteiger partial charge in [-0.25, -0.2) is 8.78 Å². The Morgan fingerprint density at radius 3 is 2.22 bits per heavy atom. The molecular formula is C13H6F5. The van der Waals surface area contributed by atoms with Crippen molar-refractivity contribution in [3.63, 3.8) is 0 Å². The van der Waals surface area contributed by atoms with Crippen LogP contribution in [-0.2, 0) is 6.18 Å². The first-order chi connectivity index (χ1) is 8.38. The van der Waals surface area contributed by atoms with Crippen LogP contribution < -0.4 is 0 Å². The van der Waals surface area contributed by atoms with Crippen LogP contribution in [0, 0.1) is 17.7 Å². The van der Waals surface area contributed by atoms with Crippen LogP contribution in [0.15, 0.2) is 36.4 Å². The van der Waals surface area contributed by atoms with Crippen LogP contribution in [0.1, 0.15) is 5.56 Å². The zero-order valence-electron chi connectivity index (χ0n) is 8.85. The van der Waals surface area contributed by atoms with Crippen molar-refractivity contribution in [2.45, 2.75) is 6.18 Å². The van der Waals surface area contributed by atoms with Gasteiger partial charge < -0.3 is 0 Å². The van der Waals surface area contributed by atoms with E-state index in [1.165, 1.54) is 6.07 Å². The lowest BCUT2D eigenvalue weighted by molar-refractivity contribution is -0.137. The second-order valence-corrected chi connectivity index (χ2v) is 3.62. The molecule has 0 saturated heterocycles. The summed E-state index contributed by atoms with van der Waals surface area (Å²) >= 11 is 0. The average Bonchev–Trinajstić information content (AvgIpc) is 2.32. The molecule has 0 aromatic heterocycles. The van der Waals surface area contributed by atoms with Crippen LogP contribution in [0.5, 0.6) is 0 Å². The summed E-state index contributed by atoms with van der Waals surface area (Å²) in [6.45, 7) is 0. The van der Waals surface area contributed by atoms with Gasteiger partial charge in [0.25, 0.3) is 0 Å². The molecule has 93 valence electrons. The summed E-state index contributed by atoms with van der Waals surface area (Å²) in [5.74, 6) is -2.16. The molecule has 0 spiro atoms. The Morgan fingerprint density at radius 1 is 0.889 bits per heavy atom. The Balaban J connectivity index is 2.48. The van der Waals surface area contributed by atoms with Gasteiger partial charge in [0.2, 0.25) is 0 Å². The molecule has 0 N–H and O–H groups in total. The van der Waals surface area contributed by atoms with E-state index in [9.17, 15) is 22.0 Å². The lowest BCUT2D eigenvalue weighted by atomic mass is 10.0. The van der Waals surface area contributed by atoms with Crippen molar-refractivity contribution in [1.82, 2.24) is 0 Å². The van der Waals surface area contributed by atoms with E-state index in [2.05, 4.69) is 6.07 Å². The molecule has 18 heavy (non-hydrogen) atoms. The smallest absolute Gasteiger partial charge is 0.204 e. The molecule has 0 bridgehead atoms. The monoisotopic (exact) mass is 257 g/mol. The first-order valence-electron chi connectivity index (χ1n) is 4.92. The number of halogens is 5. The molecule has 0 unspecified atom stereocenters. The quantitative estimate of drug-likeness (QED) is 0.662. The minimum absolute atomic E-state index is 0.0590. The average molecular weight is 257 g/mol. The molecule has 0 saturated carbocycles. The van der Waals surface area contributed by atoms with E-state index in [0.29, 0.717) is 0 Å². The van der Waals surface area contributed by atoms with E-state index in [1.54, 1.807) is 0 Å². The van der Waals surface area contributed by atoms with Crippen LogP contribution in [0.2, 0.25) is 0 Å². The van der Waals surface area contributed by atoms with Crippen molar-refractivity contribution in [2.24, 2.45) is 0 Å². The maximum Gasteiger partial charge on any atom is 0.416 e. The van der Waals surface area contributed by atoms with E-state index < -0.39 is 23.4 Å². The van der Waals surface area contributed by atoms with Gasteiger partial charge in [-0.15, -0.1) is 0 Å². The molecule has 0 fully saturated rings. The predicted molar refractivity (Wildman–Crippen MR) is 55.6 cm³/mol. The van der Waals surface area contributed by atoms with Crippen LogP contribution in [0.3, 0.4) is 0 Å². The number of hydrogen-bond acceptors (Lipinski definition) is 0. The van der Waals surface area contributed by atoms with Gasteiger partial charge in [0.15, 0.2) is 11.6 Å². The number of rotatable bonds is 1. The van der Waals surface area contributed by atoms with E-state index in [-0.39, 0.29) is 11.1 Å². The van der Waals surface area contributed by atoms with Crippen LogP contribution in [0.25, 0.3) is 11.1 Å². The Labute approximate surface area is 99.7 Å². The fraction of sp³-hybridized carbons (Fsp3) is 0.0769. The fourth-order valence-electron chi connectivity index (χ4n) is 1.47. The van der Waals surface area contributed by atoms with Gasteiger partial charge in [0.05, 0.1) is 5.56 Å². The highest BCUT2D eigenvalue weighted by molar-refractivity contribution is 5.63. The number of hydrogen-bond donors (Lipinski definition) is 0. The van der Waals surface area contributed by atoms with E-state index in [0.717, 1.165) is 30.3 Å². The van der Waals surface area contributed by atoms with Gasteiger partial charge >= 0.3 is 6.18 Å². The molecule has 0 amide bonds. The molecule has 0 aliphatic heterocycles. The maximum atomic E-state index is 13.0. The predicted octanol–water partition coefficient (Wildman–Crippen LogP) is 4.45. The first-order valence-corrected chi connectivity index (χ1v) is 4.92. The largest absolute Gasteiger partial charge is 0.416 e. The first kappa shape index (κ1) is 12.5. The number of alkyl halides is 3. The molecule has 0 atom stereocenters. The molecule has 0 aliphatic carbocycles. The molecule has 1 radical (unpaired) electrons. The van der Waals surface area contributed by atoms with Crippen molar-refractivity contribution < 1.29 is 22.0 Å². The van der Waals surface area contributed by atoms with Crippen molar-refractivity contribution in [2.75, 3.05) is 0 Å². The zero-order chi connectivity index (χ0) is 13.3. The summed E-state index contributed by atoms with van der Waals surface area (Å²) in [5.41, 5.74) is -0.662. The van der Waals surface area contributed by atoms with Gasteiger partial charge in [0, 0.05) is 0 Å². The Kier molecular flexibility index (Phi) is 3.07. The number of benzene rings is 2. The lowest BCUT2D eigenvalue weighted by Crippen LogP contribution is -2.04. The van der Waals surface area contributed by atoms with Gasteiger partial charge in [-0.3, -0.25) is 0 Å². The fourth-order valence-corrected chi connectivity index (χ4v) is 1.47. The van der Waals surface area contributed by atoms with Crippen molar-refractivity contribution >= 4 is 0 Å². The van der Waals surface area contributed by atoms with Crippen LogP contribution in [0.4, 0.5) is 22.0 Å². The molecule has 2 aromatic carbocycles. The maximum absolute atomic E-state index is 13.0. The van der Waals surface area contributed by atoms with E-state index in [4.69, 9.17) is 0 Å². The lowest BCUT2D eigenvalue weighted by Gasteiger charge is -2.08. The topological polar surface area (TPSA) is 0 Å². The minimum Gasteiger partial charge on any atom is -0.204 e. The van der Waals surface area contributed by atoms with Gasteiger partial charge in [-0.1, -0.05) is 12.1 Å². The van der Waals surface area contributed by atoms with Crippen molar-refractivity contribution in [1.29, 1.82) is 0 Å². The van der Waals surface area contributed by atoms with Gasteiger partial charge in [0.1, 0.15) is 0 Å². The van der Waals surface area contributed by atoms with Gasteiger partial charge in [-0.2, -0.15) is 13.2 Å². The third-order valence-electron chi connectivity index (χ3n) is 2.36. The summed E-state index contributed by atoms with van der Waals surface area (Å²) in [7, 11) is 0. The highest BCUT2D eigenvalue weighted by atomic mass is 19.4. The Bertz CT molecular complexity index is 572. The van der Waals surface area contributed by atoms with E-state index in [1.807, 2.05) is 0 Å². The van der Waals surface area contributed by atoms with Crippen LogP contribution in [-0.4, -0.2) is 0 Å². The third kappa shape index (κ3) is 2.50. The SMILES string of the molecule is Fc1ccc(-c2[c]ccc(C(F)(F)F)c2)cc1F. The molecule has 0 aliphatic rings. The molecule has 0 heterocycles. The minimum atomic E-state index is -4.48. The Morgan fingerprint density at radius 2 is 1.61 bits per heavy atom. The molecule has 2 aromatic rings. The summed E-state index contributed by atoms with van der Waals surface area (Å²) < 4.78 is 63.1. The van der Waals surface area contributed by atoms with Gasteiger partial charge in [-0.05, 0) is 41.5 Å². The second kappa shape index (κ2) is 4.40. The highest BCUT2D eigenvalue weighted by Crippen LogP contribution is 2.32. The highest BCUT2D eigenvalue weighted by Gasteiger charge is 2.30. The summed E-state index contributed by atoms with van der Waals surface area (Å²) in [4.78, 5) is 0. The Hall–Kier alpha value is -1.91. The zero-order valence-corrected chi connectivity index (χ0v) is 8.85. The molecule has 5 heteroatoms. The van der Waals surface area contributed by atoms with Crippen LogP contribution >= 0.6 is 0 Å². The third-order valence-corrected chi connectivity index (χ3v) is 2.36. The normalized spacial score (nSPS) is 11.6. The van der Waals surface area contributed by atoms with Crippen molar-refractivity contribution in [3.05, 3.63) is 59.7 Å². The summed E-state index contributed by atoms with van der Waals surface area (Å²) in [6, 6.07) is 8.25. The standard InChI is InChI=1S/C13H6F5/c14-11-5-4-9(7-12(11)15)8-2-1-3-10(6-8)13(16,17)18/h1,3-7H.